The van der Waals surface area contributed by atoms with E-state index in [0.29, 0.717) is 18.4 Å². The minimum atomic E-state index is 0.177. The number of aromatic hydroxyl groups is 1. The maximum absolute atomic E-state index is 12.9. The number of rotatable bonds is 4. The lowest BCUT2D eigenvalue weighted by Gasteiger charge is -2.36. The van der Waals surface area contributed by atoms with Crippen LogP contribution < -0.4 is 0 Å². The first kappa shape index (κ1) is 16.5. The fraction of sp³-hybridized carbons (Fsp3) is 0.474. The molecule has 1 amide bonds. The number of fused-ring (bicyclic) bond motifs is 4. The number of aromatic nitrogens is 1. The number of piperidine rings is 1. The van der Waals surface area contributed by atoms with Crippen molar-refractivity contribution < 1.29 is 9.90 Å². The molecule has 0 unspecified atom stereocenters. The van der Waals surface area contributed by atoms with Gasteiger partial charge in [-0.2, -0.15) is 0 Å². The Labute approximate surface area is 151 Å². The maximum Gasteiger partial charge on any atom is 0.227 e. The fourth-order valence-corrected chi connectivity index (χ4v) is 4.65. The van der Waals surface area contributed by atoms with Crippen molar-refractivity contribution in [2.24, 2.45) is 5.92 Å². The Kier molecular flexibility index (Phi) is 4.72. The van der Waals surface area contributed by atoms with E-state index in [9.17, 15) is 9.90 Å². The van der Waals surface area contributed by atoms with Crippen molar-refractivity contribution in [1.82, 2.24) is 14.8 Å². The average molecular weight is 357 g/mol. The first-order valence-corrected chi connectivity index (χ1v) is 9.78. The second-order valence-corrected chi connectivity index (χ2v) is 7.88. The van der Waals surface area contributed by atoms with Crippen LogP contribution in [0.2, 0.25) is 0 Å². The van der Waals surface area contributed by atoms with E-state index in [1.807, 2.05) is 11.6 Å². The summed E-state index contributed by atoms with van der Waals surface area (Å²) in [5.74, 6) is 0.943. The van der Waals surface area contributed by atoms with Gasteiger partial charge >= 0.3 is 0 Å². The molecule has 6 heteroatoms. The van der Waals surface area contributed by atoms with E-state index in [2.05, 4.69) is 20.2 Å². The number of nitrogens with zero attached hydrogens (tertiary/aromatic N) is 3. The number of benzene rings is 1. The summed E-state index contributed by atoms with van der Waals surface area (Å²) in [4.78, 5) is 21.8. The molecule has 4 heterocycles. The second-order valence-electron chi connectivity index (χ2n) is 7.16. The standard InChI is InChI=1S/C19H23N3O2S/c23-18-3-1-2-14(6-18)7-19(24)22-9-15-4-5-17(22)11-21(8-15)10-16-12-25-13-20-16/h1-3,6,12-13,15,17,23H,4-5,7-11H2/t15-,17+/m0/s1. The van der Waals surface area contributed by atoms with Crippen LogP contribution in [-0.2, 0) is 17.8 Å². The SMILES string of the molecule is O=C(Cc1cccc(O)c1)N1C[C@H]2CC[C@@H]1CN(Cc1cscn1)C2. The van der Waals surface area contributed by atoms with Crippen molar-refractivity contribution in [2.75, 3.05) is 19.6 Å². The van der Waals surface area contributed by atoms with E-state index in [4.69, 9.17) is 0 Å². The van der Waals surface area contributed by atoms with Crippen molar-refractivity contribution in [3.63, 3.8) is 0 Å². The maximum atomic E-state index is 12.9. The highest BCUT2D eigenvalue weighted by atomic mass is 32.1. The van der Waals surface area contributed by atoms with Crippen LogP contribution in [0.4, 0.5) is 0 Å². The molecule has 2 aromatic rings. The summed E-state index contributed by atoms with van der Waals surface area (Å²) in [6, 6.07) is 7.31. The number of phenolic OH excluding ortho intramolecular Hbond substituents is 1. The summed E-state index contributed by atoms with van der Waals surface area (Å²) < 4.78 is 0. The zero-order valence-corrected chi connectivity index (χ0v) is 15.0. The third-order valence-corrected chi connectivity index (χ3v) is 5.88. The molecule has 132 valence electrons. The highest BCUT2D eigenvalue weighted by Gasteiger charge is 2.37. The van der Waals surface area contributed by atoms with Gasteiger partial charge in [-0.3, -0.25) is 9.69 Å². The molecule has 5 nitrogen and oxygen atoms in total. The second kappa shape index (κ2) is 7.14. The zero-order valence-electron chi connectivity index (χ0n) is 14.2. The fourth-order valence-electron chi connectivity index (χ4n) is 4.10. The molecule has 0 saturated carbocycles. The number of amides is 1. The van der Waals surface area contributed by atoms with Crippen LogP contribution in [-0.4, -0.2) is 51.5 Å². The molecule has 3 aliphatic rings. The van der Waals surface area contributed by atoms with Crippen molar-refractivity contribution in [2.45, 2.75) is 31.8 Å². The Hall–Kier alpha value is -1.92. The van der Waals surface area contributed by atoms with Gasteiger partial charge in [0.2, 0.25) is 5.91 Å². The highest BCUT2D eigenvalue weighted by Crippen LogP contribution is 2.29. The molecule has 1 N–H and O–H groups in total. The molecule has 25 heavy (non-hydrogen) atoms. The minimum absolute atomic E-state index is 0.177. The highest BCUT2D eigenvalue weighted by molar-refractivity contribution is 7.07. The molecule has 3 fully saturated rings. The van der Waals surface area contributed by atoms with Crippen molar-refractivity contribution in [1.29, 1.82) is 0 Å². The first-order valence-electron chi connectivity index (χ1n) is 8.84. The van der Waals surface area contributed by atoms with Gasteiger partial charge in [-0.25, -0.2) is 4.98 Å². The normalized spacial score (nSPS) is 23.6. The lowest BCUT2D eigenvalue weighted by molar-refractivity contribution is -0.134. The van der Waals surface area contributed by atoms with Crippen LogP contribution in [0.25, 0.3) is 0 Å². The Morgan fingerprint density at radius 3 is 3.00 bits per heavy atom. The van der Waals surface area contributed by atoms with Gasteiger partial charge in [0.15, 0.2) is 0 Å². The molecule has 3 saturated heterocycles. The molecule has 3 aliphatic heterocycles. The third kappa shape index (κ3) is 3.85. The predicted octanol–water partition coefficient (Wildman–Crippen LogP) is 2.51. The Bertz CT molecular complexity index is 734. The Morgan fingerprint density at radius 1 is 1.28 bits per heavy atom. The van der Waals surface area contributed by atoms with Crippen molar-refractivity contribution in [3.05, 3.63) is 46.4 Å². The summed E-state index contributed by atoms with van der Waals surface area (Å²) >= 11 is 1.64. The molecule has 0 radical (unpaired) electrons. The minimum Gasteiger partial charge on any atom is -0.508 e. The topological polar surface area (TPSA) is 56.7 Å². The molecular formula is C19H23N3O2S. The van der Waals surface area contributed by atoms with Crippen LogP contribution in [0.1, 0.15) is 24.1 Å². The number of hydrogen-bond acceptors (Lipinski definition) is 5. The van der Waals surface area contributed by atoms with Crippen LogP contribution in [0.3, 0.4) is 0 Å². The molecule has 2 bridgehead atoms. The summed E-state index contributed by atoms with van der Waals surface area (Å²) in [7, 11) is 0. The van der Waals surface area contributed by atoms with E-state index in [1.54, 1.807) is 29.5 Å². The van der Waals surface area contributed by atoms with Gasteiger partial charge in [-0.1, -0.05) is 12.1 Å². The summed E-state index contributed by atoms with van der Waals surface area (Å²) in [5.41, 5.74) is 3.89. The molecule has 1 aromatic heterocycles. The lowest BCUT2D eigenvalue weighted by Crippen LogP contribution is -2.48. The molecule has 0 aliphatic carbocycles. The largest absolute Gasteiger partial charge is 0.508 e. The van der Waals surface area contributed by atoms with Gasteiger partial charge in [0.1, 0.15) is 5.75 Å². The molecule has 2 atom stereocenters. The summed E-state index contributed by atoms with van der Waals surface area (Å²) in [5, 5.41) is 11.7. The van der Waals surface area contributed by atoms with Gasteiger partial charge in [0.05, 0.1) is 17.6 Å². The quantitative estimate of drug-likeness (QED) is 0.913. The predicted molar refractivity (Wildman–Crippen MR) is 97.4 cm³/mol. The first-order chi connectivity index (χ1) is 12.2. The Balaban J connectivity index is 1.44. The van der Waals surface area contributed by atoms with Crippen molar-refractivity contribution in [3.8, 4) is 5.75 Å². The van der Waals surface area contributed by atoms with Gasteiger partial charge in [0, 0.05) is 37.6 Å². The zero-order chi connectivity index (χ0) is 17.2. The van der Waals surface area contributed by atoms with E-state index in [1.165, 1.54) is 6.42 Å². The number of phenols is 1. The van der Waals surface area contributed by atoms with Crippen molar-refractivity contribution >= 4 is 17.2 Å². The lowest BCUT2D eigenvalue weighted by atomic mass is 9.94. The smallest absolute Gasteiger partial charge is 0.227 e. The van der Waals surface area contributed by atoms with Crippen LogP contribution >= 0.6 is 11.3 Å². The number of thiazole rings is 1. The number of carbonyl (C=O) groups excluding carboxylic acids is 1. The summed E-state index contributed by atoms with van der Waals surface area (Å²) in [6.45, 7) is 3.71. The third-order valence-electron chi connectivity index (χ3n) is 5.24. The Morgan fingerprint density at radius 2 is 2.20 bits per heavy atom. The van der Waals surface area contributed by atoms with Crippen LogP contribution in [0.5, 0.6) is 5.75 Å². The van der Waals surface area contributed by atoms with E-state index in [-0.39, 0.29) is 11.7 Å². The average Bonchev–Trinajstić information content (AvgIpc) is 2.94. The van der Waals surface area contributed by atoms with E-state index in [0.717, 1.165) is 43.9 Å². The van der Waals surface area contributed by atoms with Crippen LogP contribution in [0, 0.1) is 5.92 Å². The number of carbonyl (C=O) groups is 1. The van der Waals surface area contributed by atoms with Gasteiger partial charge in [-0.15, -0.1) is 11.3 Å². The van der Waals surface area contributed by atoms with Gasteiger partial charge < -0.3 is 10.0 Å². The summed E-state index contributed by atoms with van der Waals surface area (Å²) in [6.07, 6.45) is 2.65. The van der Waals surface area contributed by atoms with E-state index < -0.39 is 0 Å². The van der Waals surface area contributed by atoms with Crippen LogP contribution in [0.15, 0.2) is 35.2 Å². The molecule has 1 aromatic carbocycles. The number of hydrogen-bond donors (Lipinski definition) is 1. The van der Waals surface area contributed by atoms with Gasteiger partial charge in [0.25, 0.3) is 0 Å². The van der Waals surface area contributed by atoms with E-state index >= 15 is 0 Å². The molecule has 5 rings (SSSR count). The monoisotopic (exact) mass is 357 g/mol. The molecule has 0 spiro atoms. The van der Waals surface area contributed by atoms with Gasteiger partial charge in [-0.05, 0) is 36.5 Å². The molecular weight excluding hydrogens is 334 g/mol.